The monoisotopic (exact) mass is 317 g/mol. The first-order chi connectivity index (χ1) is 10.5. The Labute approximate surface area is 131 Å². The summed E-state index contributed by atoms with van der Waals surface area (Å²) in [6, 6.07) is 13.8. The molecular formula is C17H19NO3S. The Balaban J connectivity index is 1.91. The van der Waals surface area contributed by atoms with Crippen LogP contribution >= 0.6 is 0 Å². The van der Waals surface area contributed by atoms with Crippen LogP contribution in [-0.4, -0.2) is 26.8 Å². The standard InChI is InChI=1S/C17H19NO3S/c1-14(2)22(19,20)18-12-5-6-13-21-17-11-7-9-15-8-3-4-10-16(15)17/h3-4,7-11,14,18H,12-13H2,1-2H3. The molecule has 0 spiro atoms. The average Bonchev–Trinajstić information content (AvgIpc) is 2.50. The van der Waals surface area contributed by atoms with Crippen LogP contribution in [0.2, 0.25) is 0 Å². The van der Waals surface area contributed by atoms with Crippen LogP contribution in [0.5, 0.6) is 5.75 Å². The van der Waals surface area contributed by atoms with Gasteiger partial charge in [-0.1, -0.05) is 48.2 Å². The number of hydrogen-bond acceptors (Lipinski definition) is 3. The molecular weight excluding hydrogens is 298 g/mol. The lowest BCUT2D eigenvalue weighted by atomic mass is 10.1. The Morgan fingerprint density at radius 2 is 1.82 bits per heavy atom. The zero-order valence-corrected chi connectivity index (χ0v) is 13.5. The summed E-state index contributed by atoms with van der Waals surface area (Å²) < 4.78 is 31.1. The Hall–Kier alpha value is -2.03. The summed E-state index contributed by atoms with van der Waals surface area (Å²) in [5.74, 6) is 6.33. The highest BCUT2D eigenvalue weighted by molar-refractivity contribution is 7.90. The summed E-state index contributed by atoms with van der Waals surface area (Å²) in [5, 5.41) is 1.69. The second kappa shape index (κ2) is 7.30. The minimum atomic E-state index is -3.26. The first-order valence-corrected chi connectivity index (χ1v) is 8.60. The van der Waals surface area contributed by atoms with Crippen molar-refractivity contribution in [1.82, 2.24) is 4.72 Å². The molecule has 0 bridgehead atoms. The number of rotatable bonds is 5. The number of hydrogen-bond donors (Lipinski definition) is 1. The van der Waals surface area contributed by atoms with E-state index < -0.39 is 15.3 Å². The molecule has 1 N–H and O–H groups in total. The van der Waals surface area contributed by atoms with Gasteiger partial charge in [0.2, 0.25) is 10.0 Å². The molecule has 0 radical (unpaired) electrons. The second-order valence-electron chi connectivity index (χ2n) is 5.03. The molecule has 116 valence electrons. The van der Waals surface area contributed by atoms with Crippen molar-refractivity contribution in [2.45, 2.75) is 19.1 Å². The first kappa shape index (κ1) is 16.3. The van der Waals surface area contributed by atoms with E-state index >= 15 is 0 Å². The second-order valence-corrected chi connectivity index (χ2v) is 7.36. The van der Waals surface area contributed by atoms with Crippen LogP contribution in [0, 0.1) is 11.8 Å². The van der Waals surface area contributed by atoms with E-state index in [1.54, 1.807) is 13.8 Å². The van der Waals surface area contributed by atoms with Crippen molar-refractivity contribution in [3.63, 3.8) is 0 Å². The molecule has 4 nitrogen and oxygen atoms in total. The molecule has 0 aliphatic heterocycles. The van der Waals surface area contributed by atoms with Crippen molar-refractivity contribution in [3.8, 4) is 17.6 Å². The van der Waals surface area contributed by atoms with Gasteiger partial charge < -0.3 is 4.74 Å². The largest absolute Gasteiger partial charge is 0.480 e. The van der Waals surface area contributed by atoms with E-state index in [4.69, 9.17) is 4.74 Å². The summed E-state index contributed by atoms with van der Waals surface area (Å²) in [7, 11) is -3.26. The van der Waals surface area contributed by atoms with Crippen molar-refractivity contribution in [2.24, 2.45) is 0 Å². The summed E-state index contributed by atoms with van der Waals surface area (Å²) in [5.41, 5.74) is 0. The Morgan fingerprint density at radius 3 is 2.59 bits per heavy atom. The predicted molar refractivity (Wildman–Crippen MR) is 89.3 cm³/mol. The van der Waals surface area contributed by atoms with Crippen molar-refractivity contribution < 1.29 is 13.2 Å². The highest BCUT2D eigenvalue weighted by Gasteiger charge is 2.13. The fourth-order valence-electron chi connectivity index (χ4n) is 1.85. The molecule has 5 heteroatoms. The van der Waals surface area contributed by atoms with Gasteiger partial charge in [-0.15, -0.1) is 0 Å². The predicted octanol–water partition coefficient (Wildman–Crippen LogP) is 2.55. The van der Waals surface area contributed by atoms with Crippen LogP contribution in [0.4, 0.5) is 0 Å². The van der Waals surface area contributed by atoms with E-state index in [9.17, 15) is 8.42 Å². The lowest BCUT2D eigenvalue weighted by Crippen LogP contribution is -2.31. The molecule has 0 aliphatic carbocycles. The van der Waals surface area contributed by atoms with Gasteiger partial charge in [0.1, 0.15) is 12.4 Å². The van der Waals surface area contributed by atoms with Crippen LogP contribution in [-0.2, 0) is 10.0 Å². The summed E-state index contributed by atoms with van der Waals surface area (Å²) >= 11 is 0. The highest BCUT2D eigenvalue weighted by atomic mass is 32.2. The van der Waals surface area contributed by atoms with Crippen molar-refractivity contribution in [1.29, 1.82) is 0 Å². The third-order valence-electron chi connectivity index (χ3n) is 3.16. The molecule has 0 unspecified atom stereocenters. The van der Waals surface area contributed by atoms with Gasteiger partial charge in [0.05, 0.1) is 11.8 Å². The van der Waals surface area contributed by atoms with Crippen LogP contribution in [0.15, 0.2) is 42.5 Å². The summed E-state index contributed by atoms with van der Waals surface area (Å²) in [6.45, 7) is 3.57. The van der Waals surface area contributed by atoms with E-state index in [2.05, 4.69) is 16.6 Å². The lowest BCUT2D eigenvalue weighted by Gasteiger charge is -2.06. The van der Waals surface area contributed by atoms with Crippen molar-refractivity contribution in [3.05, 3.63) is 42.5 Å². The number of benzene rings is 2. The Kier molecular flexibility index (Phi) is 5.42. The van der Waals surface area contributed by atoms with Gasteiger partial charge in [-0.2, -0.15) is 0 Å². The Bertz CT molecular complexity index is 796. The molecule has 0 saturated carbocycles. The highest BCUT2D eigenvalue weighted by Crippen LogP contribution is 2.24. The van der Waals surface area contributed by atoms with Gasteiger partial charge in [0, 0.05) is 5.39 Å². The fraction of sp³-hybridized carbons (Fsp3) is 0.294. The molecule has 0 heterocycles. The average molecular weight is 317 g/mol. The quantitative estimate of drug-likeness (QED) is 0.862. The molecule has 0 fully saturated rings. The van der Waals surface area contributed by atoms with Gasteiger partial charge >= 0.3 is 0 Å². The molecule has 0 aromatic heterocycles. The number of fused-ring (bicyclic) bond motifs is 1. The van der Waals surface area contributed by atoms with Crippen LogP contribution in [0.1, 0.15) is 13.8 Å². The molecule has 0 aliphatic rings. The van der Waals surface area contributed by atoms with Crippen molar-refractivity contribution in [2.75, 3.05) is 13.2 Å². The van der Waals surface area contributed by atoms with Gasteiger partial charge in [-0.3, -0.25) is 0 Å². The van der Waals surface area contributed by atoms with E-state index in [0.29, 0.717) is 0 Å². The molecule has 22 heavy (non-hydrogen) atoms. The van der Waals surface area contributed by atoms with Gasteiger partial charge in [-0.25, -0.2) is 13.1 Å². The normalized spacial score (nSPS) is 11.2. The summed E-state index contributed by atoms with van der Waals surface area (Å²) in [6.07, 6.45) is 0. The van der Waals surface area contributed by atoms with Gasteiger partial charge in [0.15, 0.2) is 0 Å². The number of sulfonamides is 1. The minimum absolute atomic E-state index is 0.0966. The third-order valence-corrected chi connectivity index (χ3v) is 4.94. The SMILES string of the molecule is CC(C)S(=O)(=O)NCC#CCOc1cccc2ccccc12. The zero-order valence-electron chi connectivity index (χ0n) is 12.7. The molecule has 0 amide bonds. The molecule has 2 rings (SSSR count). The van der Waals surface area contributed by atoms with Crippen molar-refractivity contribution >= 4 is 20.8 Å². The smallest absolute Gasteiger partial charge is 0.214 e. The number of ether oxygens (including phenoxy) is 1. The van der Waals surface area contributed by atoms with Crippen LogP contribution < -0.4 is 9.46 Å². The maximum absolute atomic E-state index is 11.5. The molecule has 0 saturated heterocycles. The first-order valence-electron chi connectivity index (χ1n) is 7.05. The van der Waals surface area contributed by atoms with E-state index in [-0.39, 0.29) is 13.2 Å². The fourth-order valence-corrected chi connectivity index (χ4v) is 2.46. The maximum Gasteiger partial charge on any atom is 0.214 e. The molecule has 2 aromatic carbocycles. The van der Waals surface area contributed by atoms with E-state index in [1.807, 2.05) is 42.5 Å². The van der Waals surface area contributed by atoms with E-state index in [0.717, 1.165) is 16.5 Å². The molecule has 0 atom stereocenters. The van der Waals surface area contributed by atoms with Crippen LogP contribution in [0.25, 0.3) is 10.8 Å². The Morgan fingerprint density at radius 1 is 1.09 bits per heavy atom. The van der Waals surface area contributed by atoms with E-state index in [1.165, 1.54) is 0 Å². The van der Waals surface area contributed by atoms with Gasteiger partial charge in [-0.05, 0) is 25.3 Å². The minimum Gasteiger partial charge on any atom is -0.480 e. The lowest BCUT2D eigenvalue weighted by molar-refractivity contribution is 0.374. The number of nitrogens with one attached hydrogen (secondary N) is 1. The molecule has 2 aromatic rings. The summed E-state index contributed by atoms with van der Waals surface area (Å²) in [4.78, 5) is 0. The maximum atomic E-state index is 11.5. The third kappa shape index (κ3) is 4.23. The zero-order chi connectivity index (χ0) is 16.0. The van der Waals surface area contributed by atoms with Crippen LogP contribution in [0.3, 0.4) is 0 Å². The topological polar surface area (TPSA) is 55.4 Å². The van der Waals surface area contributed by atoms with Gasteiger partial charge in [0.25, 0.3) is 0 Å².